The van der Waals surface area contributed by atoms with E-state index in [0.717, 1.165) is 11.6 Å². The molecule has 0 bridgehead atoms. The molecule has 2 aromatic carbocycles. The first-order valence-corrected chi connectivity index (χ1v) is 5.97. The highest BCUT2D eigenvalue weighted by Gasteiger charge is 2.10. The number of nitro benzene ring substituents is 1. The molecule has 6 nitrogen and oxygen atoms in total. The Morgan fingerprint density at radius 1 is 1.24 bits per heavy atom. The van der Waals surface area contributed by atoms with Gasteiger partial charge in [0.2, 0.25) is 0 Å². The Hall–Kier alpha value is -2.96. The molecule has 0 fully saturated rings. The normalized spacial score (nSPS) is 10.1. The van der Waals surface area contributed by atoms with Gasteiger partial charge in [0.25, 0.3) is 5.69 Å². The smallest absolute Gasteiger partial charge is 0.338 e. The monoisotopic (exact) mass is 290 g/mol. The van der Waals surface area contributed by atoms with Crippen LogP contribution in [0.25, 0.3) is 0 Å². The Kier molecular flexibility index (Phi) is 4.13. The zero-order valence-corrected chi connectivity index (χ0v) is 10.7. The van der Waals surface area contributed by atoms with E-state index in [0.29, 0.717) is 12.2 Å². The molecule has 0 saturated carbocycles. The number of anilines is 1. The molecule has 0 radical (unpaired) electrons. The third kappa shape index (κ3) is 3.53. The molecular formula is C14H11FN2O4. The quantitative estimate of drug-likeness (QED) is 0.652. The number of hydrogen-bond donors (Lipinski definition) is 2. The first-order chi connectivity index (χ1) is 9.97. The van der Waals surface area contributed by atoms with Gasteiger partial charge in [0, 0.05) is 24.4 Å². The van der Waals surface area contributed by atoms with Gasteiger partial charge in [-0.15, -0.1) is 0 Å². The molecule has 108 valence electrons. The van der Waals surface area contributed by atoms with Crippen LogP contribution in [-0.2, 0) is 6.54 Å². The highest BCUT2D eigenvalue weighted by molar-refractivity contribution is 5.88. The lowest BCUT2D eigenvalue weighted by atomic mass is 10.1. The van der Waals surface area contributed by atoms with Crippen molar-refractivity contribution in [3.05, 3.63) is 69.5 Å². The number of carboxylic acid groups (broad SMARTS) is 1. The molecule has 0 aliphatic carbocycles. The first kappa shape index (κ1) is 14.4. The van der Waals surface area contributed by atoms with Crippen molar-refractivity contribution in [2.75, 3.05) is 5.32 Å². The standard InChI is InChI=1S/C14H11FN2O4/c15-13-7-10(3-6-12(13)14(18)19)16-8-9-1-4-11(5-2-9)17(20)21/h1-7,16H,8H2,(H,18,19). The summed E-state index contributed by atoms with van der Waals surface area (Å²) in [5, 5.41) is 22.1. The van der Waals surface area contributed by atoms with Gasteiger partial charge in [-0.25, -0.2) is 9.18 Å². The summed E-state index contributed by atoms with van der Waals surface area (Å²) in [4.78, 5) is 20.7. The molecule has 2 rings (SSSR count). The Morgan fingerprint density at radius 3 is 2.43 bits per heavy atom. The minimum atomic E-state index is -1.32. The lowest BCUT2D eigenvalue weighted by molar-refractivity contribution is -0.384. The van der Waals surface area contributed by atoms with Gasteiger partial charge >= 0.3 is 5.97 Å². The second-order valence-electron chi connectivity index (χ2n) is 4.28. The molecule has 7 heteroatoms. The van der Waals surface area contributed by atoms with Crippen LogP contribution in [0.4, 0.5) is 15.8 Å². The van der Waals surface area contributed by atoms with E-state index < -0.39 is 22.3 Å². The van der Waals surface area contributed by atoms with E-state index in [-0.39, 0.29) is 5.69 Å². The van der Waals surface area contributed by atoms with Crippen molar-refractivity contribution >= 4 is 17.3 Å². The Morgan fingerprint density at radius 2 is 1.90 bits per heavy atom. The Labute approximate surface area is 119 Å². The molecule has 21 heavy (non-hydrogen) atoms. The first-order valence-electron chi connectivity index (χ1n) is 5.97. The van der Waals surface area contributed by atoms with Crippen molar-refractivity contribution in [2.24, 2.45) is 0 Å². The number of carboxylic acids is 1. The number of benzene rings is 2. The van der Waals surface area contributed by atoms with Crippen LogP contribution in [0.15, 0.2) is 42.5 Å². The van der Waals surface area contributed by atoms with Crippen LogP contribution in [0.3, 0.4) is 0 Å². The largest absolute Gasteiger partial charge is 0.478 e. The molecule has 0 spiro atoms. The predicted molar refractivity (Wildman–Crippen MR) is 73.8 cm³/mol. The molecule has 0 atom stereocenters. The van der Waals surface area contributed by atoms with E-state index in [9.17, 15) is 19.3 Å². The fourth-order valence-corrected chi connectivity index (χ4v) is 1.74. The van der Waals surface area contributed by atoms with E-state index in [1.807, 2.05) is 0 Å². The van der Waals surface area contributed by atoms with Crippen LogP contribution >= 0.6 is 0 Å². The Balaban J connectivity index is 2.04. The highest BCUT2D eigenvalue weighted by atomic mass is 19.1. The second kappa shape index (κ2) is 6.00. The fraction of sp³-hybridized carbons (Fsp3) is 0.0714. The van der Waals surface area contributed by atoms with E-state index in [1.54, 1.807) is 12.1 Å². The zero-order valence-electron chi connectivity index (χ0n) is 10.7. The summed E-state index contributed by atoms with van der Waals surface area (Å²) >= 11 is 0. The maximum absolute atomic E-state index is 13.5. The number of carbonyl (C=O) groups is 1. The molecule has 0 aliphatic heterocycles. The van der Waals surface area contributed by atoms with Gasteiger partial charge in [-0.2, -0.15) is 0 Å². The number of rotatable bonds is 5. The minimum Gasteiger partial charge on any atom is -0.478 e. The molecular weight excluding hydrogens is 279 g/mol. The highest BCUT2D eigenvalue weighted by Crippen LogP contribution is 2.17. The number of non-ortho nitro benzene ring substituents is 1. The number of aromatic carboxylic acids is 1. The van der Waals surface area contributed by atoms with Crippen LogP contribution in [0.1, 0.15) is 15.9 Å². The van der Waals surface area contributed by atoms with Crippen LogP contribution in [0.2, 0.25) is 0 Å². The summed E-state index contributed by atoms with van der Waals surface area (Å²) in [6.45, 7) is 0.337. The molecule has 0 aromatic heterocycles. The fourth-order valence-electron chi connectivity index (χ4n) is 1.74. The van der Waals surface area contributed by atoms with E-state index in [4.69, 9.17) is 5.11 Å². The number of hydrogen-bond acceptors (Lipinski definition) is 4. The molecule has 2 aromatic rings. The van der Waals surface area contributed by atoms with Crippen molar-refractivity contribution < 1.29 is 19.2 Å². The van der Waals surface area contributed by atoms with Gasteiger partial charge < -0.3 is 10.4 Å². The summed E-state index contributed by atoms with van der Waals surface area (Å²) in [6, 6.07) is 9.67. The number of nitrogens with zero attached hydrogens (tertiary/aromatic N) is 1. The Bertz CT molecular complexity index is 686. The third-order valence-corrected chi connectivity index (χ3v) is 2.84. The SMILES string of the molecule is O=C(O)c1ccc(NCc2ccc([N+](=O)[O-])cc2)cc1F. The summed E-state index contributed by atoms with van der Waals surface area (Å²) in [5.74, 6) is -2.15. The van der Waals surface area contributed by atoms with Gasteiger partial charge in [-0.05, 0) is 23.8 Å². The molecule has 0 amide bonds. The molecule has 0 aliphatic rings. The van der Waals surface area contributed by atoms with Gasteiger partial charge in [0.05, 0.1) is 10.5 Å². The van der Waals surface area contributed by atoms with Crippen molar-refractivity contribution in [3.63, 3.8) is 0 Å². The summed E-state index contributed by atoms with van der Waals surface area (Å²) < 4.78 is 13.5. The number of nitrogens with one attached hydrogen (secondary N) is 1. The van der Waals surface area contributed by atoms with Crippen LogP contribution in [0.5, 0.6) is 0 Å². The maximum Gasteiger partial charge on any atom is 0.338 e. The van der Waals surface area contributed by atoms with E-state index >= 15 is 0 Å². The molecule has 0 saturated heterocycles. The third-order valence-electron chi connectivity index (χ3n) is 2.84. The van der Waals surface area contributed by atoms with Gasteiger partial charge in [0.15, 0.2) is 0 Å². The second-order valence-corrected chi connectivity index (χ2v) is 4.28. The minimum absolute atomic E-state index is 0.00407. The zero-order chi connectivity index (χ0) is 15.4. The molecule has 0 heterocycles. The van der Waals surface area contributed by atoms with Gasteiger partial charge in [-0.3, -0.25) is 10.1 Å². The molecule has 2 N–H and O–H groups in total. The average molecular weight is 290 g/mol. The van der Waals surface area contributed by atoms with Gasteiger partial charge in [-0.1, -0.05) is 12.1 Å². The number of nitro groups is 1. The van der Waals surface area contributed by atoms with Crippen molar-refractivity contribution in [1.29, 1.82) is 0 Å². The van der Waals surface area contributed by atoms with Crippen LogP contribution < -0.4 is 5.32 Å². The van der Waals surface area contributed by atoms with Gasteiger partial charge in [0.1, 0.15) is 5.82 Å². The van der Waals surface area contributed by atoms with Crippen LogP contribution in [0, 0.1) is 15.9 Å². The van der Waals surface area contributed by atoms with Crippen molar-refractivity contribution in [3.8, 4) is 0 Å². The van der Waals surface area contributed by atoms with Crippen molar-refractivity contribution in [1.82, 2.24) is 0 Å². The van der Waals surface area contributed by atoms with E-state index in [2.05, 4.69) is 5.32 Å². The van der Waals surface area contributed by atoms with E-state index in [1.165, 1.54) is 24.3 Å². The summed E-state index contributed by atoms with van der Waals surface area (Å²) in [7, 11) is 0. The predicted octanol–water partition coefficient (Wildman–Crippen LogP) is 3.04. The van der Waals surface area contributed by atoms with Crippen LogP contribution in [-0.4, -0.2) is 16.0 Å². The summed E-state index contributed by atoms with van der Waals surface area (Å²) in [5.41, 5.74) is 0.811. The topological polar surface area (TPSA) is 92.5 Å². The van der Waals surface area contributed by atoms with Crippen molar-refractivity contribution in [2.45, 2.75) is 6.54 Å². The maximum atomic E-state index is 13.5. The summed E-state index contributed by atoms with van der Waals surface area (Å²) in [6.07, 6.45) is 0. The average Bonchev–Trinajstić information content (AvgIpc) is 2.45. The lowest BCUT2D eigenvalue weighted by Crippen LogP contribution is -2.03. The number of halogens is 1. The molecule has 0 unspecified atom stereocenters. The lowest BCUT2D eigenvalue weighted by Gasteiger charge is -2.07.